The largest absolute Gasteiger partial charge is 0.392 e. The van der Waals surface area contributed by atoms with E-state index in [9.17, 15) is 0 Å². The van der Waals surface area contributed by atoms with Crippen molar-refractivity contribution in [2.75, 3.05) is 20.1 Å². The first kappa shape index (κ1) is 9.19. The molecule has 0 spiro atoms. The van der Waals surface area contributed by atoms with Crippen LogP contribution < -0.4 is 5.84 Å². The quantitative estimate of drug-likeness (QED) is 0.183. The maximum atomic E-state index is 8.96. The highest BCUT2D eigenvalue weighted by molar-refractivity contribution is 4.60. The molecule has 0 aromatic rings. The second-order valence-electron chi connectivity index (χ2n) is 2.01. The molecule has 0 aliphatic rings. The lowest BCUT2D eigenvalue weighted by molar-refractivity contribution is 0.133. The maximum absolute atomic E-state index is 8.96. The Morgan fingerprint density at radius 2 is 2.50 bits per heavy atom. The highest BCUT2D eigenvalue weighted by Crippen LogP contribution is 1.85. The Balaban J connectivity index is 3.42. The van der Waals surface area contributed by atoms with Gasteiger partial charge < -0.3 is 5.11 Å². The molecule has 3 N–H and O–H groups in total. The van der Waals surface area contributed by atoms with Crippen LogP contribution in [-0.2, 0) is 0 Å². The van der Waals surface area contributed by atoms with E-state index in [1.54, 1.807) is 7.05 Å². The minimum atomic E-state index is -0.675. The summed E-state index contributed by atoms with van der Waals surface area (Å²) in [5, 5.41) is 13.5. The zero-order chi connectivity index (χ0) is 7.98. The predicted molar refractivity (Wildman–Crippen MR) is 36.8 cm³/mol. The van der Waals surface area contributed by atoms with Crippen LogP contribution in [0.25, 0.3) is 10.4 Å². The van der Waals surface area contributed by atoms with Gasteiger partial charge in [-0.05, 0) is 5.53 Å². The molecule has 0 amide bonds. The van der Waals surface area contributed by atoms with Gasteiger partial charge in [0.2, 0.25) is 0 Å². The zero-order valence-electron chi connectivity index (χ0n) is 5.80. The summed E-state index contributed by atoms with van der Waals surface area (Å²) in [7, 11) is 1.62. The highest BCUT2D eigenvalue weighted by atomic mass is 16.3. The van der Waals surface area contributed by atoms with Gasteiger partial charge in [-0.1, -0.05) is 5.11 Å². The van der Waals surface area contributed by atoms with Crippen LogP contribution in [0.1, 0.15) is 0 Å². The number of nitrogens with two attached hydrogens (primary N) is 1. The molecule has 0 rings (SSSR count). The molecule has 10 heavy (non-hydrogen) atoms. The molecule has 1 atom stereocenters. The van der Waals surface area contributed by atoms with Crippen molar-refractivity contribution in [3.8, 4) is 0 Å². The minimum absolute atomic E-state index is 0.0675. The third-order valence-corrected chi connectivity index (χ3v) is 0.854. The van der Waals surface area contributed by atoms with E-state index >= 15 is 0 Å². The van der Waals surface area contributed by atoms with Crippen molar-refractivity contribution in [2.45, 2.75) is 6.10 Å². The fourth-order valence-electron chi connectivity index (χ4n) is 0.521. The van der Waals surface area contributed by atoms with Crippen molar-refractivity contribution in [2.24, 2.45) is 11.0 Å². The molecule has 0 aliphatic carbocycles. The monoisotopic (exact) mass is 145 g/mol. The molecule has 0 saturated carbocycles. The maximum Gasteiger partial charge on any atom is 0.0737 e. The van der Waals surface area contributed by atoms with Crippen molar-refractivity contribution in [3.63, 3.8) is 0 Å². The number of azide groups is 1. The van der Waals surface area contributed by atoms with Crippen LogP contribution >= 0.6 is 0 Å². The fourth-order valence-corrected chi connectivity index (χ4v) is 0.521. The SMILES string of the molecule is CN(N)CC(O)CN=[N+]=[N-]. The van der Waals surface area contributed by atoms with Gasteiger partial charge in [0.1, 0.15) is 0 Å². The summed E-state index contributed by atoms with van der Waals surface area (Å²) in [5.41, 5.74) is 7.85. The number of hydrogen-bond acceptors (Lipinski definition) is 4. The average molecular weight is 145 g/mol. The molecule has 0 aliphatic heterocycles. The molecular weight excluding hydrogens is 134 g/mol. The van der Waals surface area contributed by atoms with Crippen molar-refractivity contribution >= 4 is 0 Å². The summed E-state index contributed by atoms with van der Waals surface area (Å²) in [6.07, 6.45) is -0.675. The number of hydrogen-bond donors (Lipinski definition) is 2. The average Bonchev–Trinajstić information content (AvgIpc) is 1.82. The van der Waals surface area contributed by atoms with Gasteiger partial charge in [-0.15, -0.1) is 0 Å². The normalized spacial score (nSPS) is 12.8. The zero-order valence-corrected chi connectivity index (χ0v) is 5.80. The molecule has 0 saturated heterocycles. The van der Waals surface area contributed by atoms with Crippen LogP contribution in [0.5, 0.6) is 0 Å². The second kappa shape index (κ2) is 5.01. The Hall–Kier alpha value is -0.810. The van der Waals surface area contributed by atoms with Gasteiger partial charge in [-0.25, -0.2) is 5.01 Å². The van der Waals surface area contributed by atoms with E-state index in [-0.39, 0.29) is 6.54 Å². The Labute approximate surface area is 58.8 Å². The van der Waals surface area contributed by atoms with Crippen LogP contribution in [0, 0.1) is 0 Å². The molecule has 0 aromatic carbocycles. The number of aliphatic hydroxyl groups is 1. The summed E-state index contributed by atoms with van der Waals surface area (Å²) in [5.74, 6) is 5.20. The molecule has 0 fully saturated rings. The summed E-state index contributed by atoms with van der Waals surface area (Å²) in [4.78, 5) is 2.49. The Morgan fingerprint density at radius 1 is 1.90 bits per heavy atom. The molecule has 1 unspecified atom stereocenters. The van der Waals surface area contributed by atoms with Gasteiger partial charge in [-0.3, -0.25) is 5.84 Å². The van der Waals surface area contributed by atoms with Crippen LogP contribution in [0.15, 0.2) is 5.11 Å². The van der Waals surface area contributed by atoms with E-state index in [1.807, 2.05) is 0 Å². The number of hydrazine groups is 1. The van der Waals surface area contributed by atoms with Gasteiger partial charge in [0.15, 0.2) is 0 Å². The van der Waals surface area contributed by atoms with Crippen molar-refractivity contribution in [3.05, 3.63) is 10.4 Å². The smallest absolute Gasteiger partial charge is 0.0737 e. The second-order valence-corrected chi connectivity index (χ2v) is 2.01. The number of aliphatic hydroxyl groups excluding tert-OH is 1. The molecule has 0 aromatic heterocycles. The van der Waals surface area contributed by atoms with Crippen LogP contribution in [0.4, 0.5) is 0 Å². The third-order valence-electron chi connectivity index (χ3n) is 0.854. The van der Waals surface area contributed by atoms with E-state index in [4.69, 9.17) is 16.5 Å². The van der Waals surface area contributed by atoms with E-state index in [2.05, 4.69) is 10.0 Å². The van der Waals surface area contributed by atoms with Crippen molar-refractivity contribution in [1.29, 1.82) is 0 Å². The van der Waals surface area contributed by atoms with E-state index < -0.39 is 6.10 Å². The number of likely N-dealkylation sites (N-methyl/N-ethyl adjacent to an activating group) is 1. The molecule has 6 nitrogen and oxygen atoms in total. The van der Waals surface area contributed by atoms with E-state index in [1.165, 1.54) is 5.01 Å². The molecular formula is C4H11N5O. The summed E-state index contributed by atoms with van der Waals surface area (Å²) in [6, 6.07) is 0. The topological polar surface area (TPSA) is 98.2 Å². The first-order valence-electron chi connectivity index (χ1n) is 2.81. The summed E-state index contributed by atoms with van der Waals surface area (Å²) in [6.45, 7) is 0.372. The van der Waals surface area contributed by atoms with Gasteiger partial charge in [0.05, 0.1) is 12.6 Å². The summed E-state index contributed by atoms with van der Waals surface area (Å²) < 4.78 is 0. The lowest BCUT2D eigenvalue weighted by atomic mass is 10.3. The van der Waals surface area contributed by atoms with Crippen molar-refractivity contribution < 1.29 is 5.11 Å². The number of nitrogens with zero attached hydrogens (tertiary/aromatic N) is 4. The molecule has 6 heteroatoms. The standard InChI is InChI=1S/C4H11N5O/c1-9(6)3-4(10)2-7-8-5/h4,10H,2-3,6H2,1H3. The minimum Gasteiger partial charge on any atom is -0.392 e. The Morgan fingerprint density at radius 3 is 2.90 bits per heavy atom. The number of rotatable bonds is 4. The first-order valence-corrected chi connectivity index (χ1v) is 2.81. The molecule has 58 valence electrons. The molecule has 0 heterocycles. The predicted octanol–water partition coefficient (Wildman–Crippen LogP) is -0.537. The molecule has 0 bridgehead atoms. The van der Waals surface area contributed by atoms with Crippen LogP contribution in [0.3, 0.4) is 0 Å². The van der Waals surface area contributed by atoms with Gasteiger partial charge in [0.25, 0.3) is 0 Å². The third kappa shape index (κ3) is 5.33. The van der Waals surface area contributed by atoms with Gasteiger partial charge in [-0.2, -0.15) is 0 Å². The highest BCUT2D eigenvalue weighted by Gasteiger charge is 2.02. The summed E-state index contributed by atoms with van der Waals surface area (Å²) >= 11 is 0. The van der Waals surface area contributed by atoms with Crippen LogP contribution in [0.2, 0.25) is 0 Å². The van der Waals surface area contributed by atoms with Crippen molar-refractivity contribution in [1.82, 2.24) is 5.01 Å². The van der Waals surface area contributed by atoms with E-state index in [0.717, 1.165) is 0 Å². The Bertz CT molecular complexity index is 130. The lowest BCUT2D eigenvalue weighted by Crippen LogP contribution is -2.35. The van der Waals surface area contributed by atoms with E-state index in [0.29, 0.717) is 6.54 Å². The lowest BCUT2D eigenvalue weighted by Gasteiger charge is -2.12. The van der Waals surface area contributed by atoms with Gasteiger partial charge >= 0.3 is 0 Å². The first-order chi connectivity index (χ1) is 4.66. The van der Waals surface area contributed by atoms with Gasteiger partial charge in [0, 0.05) is 18.5 Å². The van der Waals surface area contributed by atoms with Crippen LogP contribution in [-0.4, -0.2) is 36.4 Å². The molecule has 0 radical (unpaired) electrons. The fraction of sp³-hybridized carbons (Fsp3) is 1.00. The Kier molecular flexibility index (Phi) is 4.61.